The average molecular weight is 299 g/mol. The van der Waals surface area contributed by atoms with Gasteiger partial charge in [-0.2, -0.15) is 0 Å². The fraction of sp³-hybridized carbons (Fsp3) is 0.500. The van der Waals surface area contributed by atoms with E-state index in [4.69, 9.17) is 14.9 Å². The predicted molar refractivity (Wildman–Crippen MR) is 79.1 cm³/mol. The summed E-state index contributed by atoms with van der Waals surface area (Å²) >= 11 is 1.43. The zero-order chi connectivity index (χ0) is 14.8. The number of carbonyl (C=O) groups is 1. The molecule has 1 rings (SSSR count). The number of ether oxygens (including phenoxy) is 1. The molecule has 0 saturated carbocycles. The van der Waals surface area contributed by atoms with E-state index in [-0.39, 0.29) is 38.0 Å². The Kier molecular flexibility index (Phi) is 8.10. The Morgan fingerprint density at radius 2 is 1.80 bits per heavy atom. The molecule has 0 saturated heterocycles. The first-order chi connectivity index (χ1) is 9.71. The van der Waals surface area contributed by atoms with Crippen LogP contribution in [0.2, 0.25) is 0 Å². The van der Waals surface area contributed by atoms with E-state index >= 15 is 0 Å². The topological polar surface area (TPSA) is 70.0 Å². The van der Waals surface area contributed by atoms with Gasteiger partial charge in [-0.25, -0.2) is 0 Å². The summed E-state index contributed by atoms with van der Waals surface area (Å²) in [7, 11) is 0. The Bertz CT molecular complexity index is 391. The van der Waals surface area contributed by atoms with Crippen molar-refractivity contribution in [2.75, 3.05) is 38.7 Å². The summed E-state index contributed by atoms with van der Waals surface area (Å²) in [4.78, 5) is 14.4. The Hall–Kier alpha value is -1.24. The lowest BCUT2D eigenvalue weighted by molar-refractivity contribution is -0.129. The summed E-state index contributed by atoms with van der Waals surface area (Å²) in [6.45, 7) is 2.87. The number of nitrogens with zero attached hydrogens (tertiary/aromatic N) is 1. The molecule has 0 aliphatic heterocycles. The van der Waals surface area contributed by atoms with Gasteiger partial charge in [-0.05, 0) is 31.2 Å². The van der Waals surface area contributed by atoms with Gasteiger partial charge in [0.25, 0.3) is 0 Å². The van der Waals surface area contributed by atoms with Gasteiger partial charge in [0.1, 0.15) is 5.75 Å². The molecule has 0 bridgehead atoms. The van der Waals surface area contributed by atoms with E-state index in [0.29, 0.717) is 6.61 Å². The quantitative estimate of drug-likeness (QED) is 0.666. The van der Waals surface area contributed by atoms with E-state index in [0.717, 1.165) is 10.6 Å². The molecule has 5 nitrogen and oxygen atoms in total. The van der Waals surface area contributed by atoms with Gasteiger partial charge in [0.15, 0.2) is 0 Å². The normalized spacial score (nSPS) is 10.3. The van der Waals surface area contributed by atoms with Crippen LogP contribution in [0.3, 0.4) is 0 Å². The van der Waals surface area contributed by atoms with Crippen molar-refractivity contribution in [2.45, 2.75) is 11.8 Å². The third kappa shape index (κ3) is 5.81. The molecule has 6 heteroatoms. The molecule has 20 heavy (non-hydrogen) atoms. The number of hydrogen-bond donors (Lipinski definition) is 2. The summed E-state index contributed by atoms with van der Waals surface area (Å²) in [5, 5.41) is 17.8. The van der Waals surface area contributed by atoms with Crippen LogP contribution in [0.5, 0.6) is 5.75 Å². The largest absolute Gasteiger partial charge is 0.494 e. The van der Waals surface area contributed by atoms with Gasteiger partial charge in [0.2, 0.25) is 5.91 Å². The zero-order valence-corrected chi connectivity index (χ0v) is 12.4. The van der Waals surface area contributed by atoms with Crippen molar-refractivity contribution in [3.63, 3.8) is 0 Å². The number of thioether (sulfide) groups is 1. The fourth-order valence-electron chi connectivity index (χ4n) is 1.64. The number of aliphatic hydroxyl groups is 2. The highest BCUT2D eigenvalue weighted by atomic mass is 32.2. The Balaban J connectivity index is 2.46. The fourth-order valence-corrected chi connectivity index (χ4v) is 2.44. The Morgan fingerprint density at radius 1 is 1.20 bits per heavy atom. The Morgan fingerprint density at radius 3 is 2.30 bits per heavy atom. The molecule has 0 aliphatic rings. The van der Waals surface area contributed by atoms with Crippen molar-refractivity contribution in [2.24, 2.45) is 0 Å². The summed E-state index contributed by atoms with van der Waals surface area (Å²) in [5.41, 5.74) is 0. The van der Waals surface area contributed by atoms with E-state index in [1.807, 2.05) is 31.2 Å². The smallest absolute Gasteiger partial charge is 0.233 e. The van der Waals surface area contributed by atoms with Crippen LogP contribution in [0, 0.1) is 0 Å². The van der Waals surface area contributed by atoms with Crippen molar-refractivity contribution in [3.8, 4) is 5.75 Å². The second kappa shape index (κ2) is 9.63. The summed E-state index contributed by atoms with van der Waals surface area (Å²) in [6.07, 6.45) is 0. The van der Waals surface area contributed by atoms with Gasteiger partial charge in [-0.1, -0.05) is 0 Å². The number of benzene rings is 1. The first-order valence-electron chi connectivity index (χ1n) is 6.56. The predicted octanol–water partition coefficient (Wildman–Crippen LogP) is 0.991. The first-order valence-corrected chi connectivity index (χ1v) is 7.55. The Labute approximate surface area is 123 Å². The lowest BCUT2D eigenvalue weighted by Gasteiger charge is -2.20. The lowest BCUT2D eigenvalue weighted by Crippen LogP contribution is -2.37. The average Bonchev–Trinajstić information content (AvgIpc) is 2.46. The van der Waals surface area contributed by atoms with Gasteiger partial charge >= 0.3 is 0 Å². The molecule has 2 N–H and O–H groups in total. The molecule has 0 aliphatic carbocycles. The molecule has 0 heterocycles. The number of rotatable bonds is 9. The van der Waals surface area contributed by atoms with Gasteiger partial charge in [-0.15, -0.1) is 11.8 Å². The molecular formula is C14H21NO4S. The standard InChI is InChI=1S/C14H21NO4S/c1-2-19-12-3-5-13(6-4-12)20-11-14(18)15(7-9-16)8-10-17/h3-6,16-17H,2,7-11H2,1H3. The number of amides is 1. The number of carbonyl (C=O) groups excluding carboxylic acids is 1. The molecule has 1 aromatic rings. The molecule has 112 valence electrons. The highest BCUT2D eigenvalue weighted by molar-refractivity contribution is 8.00. The minimum Gasteiger partial charge on any atom is -0.494 e. The van der Waals surface area contributed by atoms with Crippen molar-refractivity contribution in [1.29, 1.82) is 0 Å². The third-order valence-electron chi connectivity index (χ3n) is 2.59. The maximum absolute atomic E-state index is 11.9. The molecule has 1 aromatic carbocycles. The van der Waals surface area contributed by atoms with Crippen molar-refractivity contribution in [3.05, 3.63) is 24.3 Å². The number of aliphatic hydroxyl groups excluding tert-OH is 2. The highest BCUT2D eigenvalue weighted by Crippen LogP contribution is 2.21. The maximum Gasteiger partial charge on any atom is 0.233 e. The highest BCUT2D eigenvalue weighted by Gasteiger charge is 2.12. The zero-order valence-electron chi connectivity index (χ0n) is 11.6. The van der Waals surface area contributed by atoms with E-state index in [1.165, 1.54) is 16.7 Å². The monoisotopic (exact) mass is 299 g/mol. The minimum absolute atomic E-state index is 0.0908. The van der Waals surface area contributed by atoms with E-state index in [1.54, 1.807) is 0 Å². The summed E-state index contributed by atoms with van der Waals surface area (Å²) < 4.78 is 5.35. The van der Waals surface area contributed by atoms with Crippen LogP contribution in [0.25, 0.3) is 0 Å². The number of hydrogen-bond acceptors (Lipinski definition) is 5. The molecule has 0 atom stereocenters. The second-order valence-corrected chi connectivity index (χ2v) is 5.07. The molecule has 0 aromatic heterocycles. The SMILES string of the molecule is CCOc1ccc(SCC(=O)N(CCO)CCO)cc1. The molecule has 0 unspecified atom stereocenters. The van der Waals surface area contributed by atoms with Crippen LogP contribution in [0.4, 0.5) is 0 Å². The van der Waals surface area contributed by atoms with Crippen LogP contribution < -0.4 is 4.74 Å². The van der Waals surface area contributed by atoms with Crippen molar-refractivity contribution >= 4 is 17.7 Å². The lowest BCUT2D eigenvalue weighted by atomic mass is 10.3. The molecule has 1 amide bonds. The van der Waals surface area contributed by atoms with E-state index in [9.17, 15) is 4.79 Å². The van der Waals surface area contributed by atoms with Gasteiger partial charge < -0.3 is 19.8 Å². The second-order valence-electron chi connectivity index (χ2n) is 4.02. The summed E-state index contributed by atoms with van der Waals surface area (Å²) in [5.74, 6) is 1.01. The summed E-state index contributed by atoms with van der Waals surface area (Å²) in [6, 6.07) is 7.56. The van der Waals surface area contributed by atoms with Crippen LogP contribution in [-0.4, -0.2) is 59.7 Å². The van der Waals surface area contributed by atoms with Crippen LogP contribution in [0.1, 0.15) is 6.92 Å². The maximum atomic E-state index is 11.9. The van der Waals surface area contributed by atoms with E-state index < -0.39 is 0 Å². The first kappa shape index (κ1) is 16.8. The van der Waals surface area contributed by atoms with Crippen LogP contribution >= 0.6 is 11.8 Å². The molecule has 0 spiro atoms. The van der Waals surface area contributed by atoms with Crippen molar-refractivity contribution in [1.82, 2.24) is 4.90 Å². The minimum atomic E-state index is -0.0978. The van der Waals surface area contributed by atoms with Gasteiger partial charge in [-0.3, -0.25) is 4.79 Å². The molecule has 0 fully saturated rings. The van der Waals surface area contributed by atoms with Crippen molar-refractivity contribution < 1.29 is 19.7 Å². The van der Waals surface area contributed by atoms with Crippen LogP contribution in [0.15, 0.2) is 29.2 Å². The molecular weight excluding hydrogens is 278 g/mol. The molecule has 0 radical (unpaired) electrons. The van der Waals surface area contributed by atoms with Crippen LogP contribution in [-0.2, 0) is 4.79 Å². The third-order valence-corrected chi connectivity index (χ3v) is 3.59. The van der Waals surface area contributed by atoms with Gasteiger partial charge in [0.05, 0.1) is 25.6 Å². The van der Waals surface area contributed by atoms with Gasteiger partial charge in [0, 0.05) is 18.0 Å². The van der Waals surface area contributed by atoms with E-state index in [2.05, 4.69) is 0 Å².